The van der Waals surface area contributed by atoms with Crippen LogP contribution in [-0.2, 0) is 9.53 Å². The second-order valence-electron chi connectivity index (χ2n) is 5.36. The van der Waals surface area contributed by atoms with E-state index in [2.05, 4.69) is 19.2 Å². The van der Waals surface area contributed by atoms with Gasteiger partial charge in [0.25, 0.3) is 0 Å². The van der Waals surface area contributed by atoms with Gasteiger partial charge in [-0.05, 0) is 26.7 Å². The van der Waals surface area contributed by atoms with Crippen LogP contribution >= 0.6 is 0 Å². The summed E-state index contributed by atoms with van der Waals surface area (Å²) in [5.41, 5.74) is 0.0409. The molecule has 0 bridgehead atoms. The van der Waals surface area contributed by atoms with Gasteiger partial charge in [-0.2, -0.15) is 0 Å². The van der Waals surface area contributed by atoms with Gasteiger partial charge in [-0.1, -0.05) is 0 Å². The summed E-state index contributed by atoms with van der Waals surface area (Å²) in [5, 5.41) is 3.26. The molecule has 2 fully saturated rings. The third kappa shape index (κ3) is 2.55. The molecule has 0 radical (unpaired) electrons. The van der Waals surface area contributed by atoms with E-state index in [0.29, 0.717) is 6.42 Å². The highest BCUT2D eigenvalue weighted by Crippen LogP contribution is 2.29. The minimum atomic E-state index is 0.0409. The topological polar surface area (TPSA) is 41.6 Å². The predicted molar refractivity (Wildman–Crippen MR) is 62.3 cm³/mol. The van der Waals surface area contributed by atoms with Crippen LogP contribution in [0.2, 0.25) is 0 Å². The fraction of sp³-hybridized carbons (Fsp3) is 0.917. The number of carbonyl (C=O) groups is 1. The van der Waals surface area contributed by atoms with Crippen LogP contribution in [0.15, 0.2) is 0 Å². The van der Waals surface area contributed by atoms with Crippen molar-refractivity contribution in [2.24, 2.45) is 0 Å². The van der Waals surface area contributed by atoms with Crippen molar-refractivity contribution >= 4 is 5.91 Å². The molecule has 0 aromatic rings. The Morgan fingerprint density at radius 1 is 1.56 bits per heavy atom. The first-order valence-corrected chi connectivity index (χ1v) is 6.22. The summed E-state index contributed by atoms with van der Waals surface area (Å²) in [4.78, 5) is 14.2. The van der Waals surface area contributed by atoms with Gasteiger partial charge in [0.05, 0.1) is 19.1 Å². The van der Waals surface area contributed by atoms with Crippen molar-refractivity contribution in [3.8, 4) is 0 Å². The molecule has 2 heterocycles. The Morgan fingerprint density at radius 2 is 2.38 bits per heavy atom. The molecule has 1 atom stereocenters. The van der Waals surface area contributed by atoms with Gasteiger partial charge in [0, 0.05) is 25.2 Å². The molecule has 2 rings (SSSR count). The molecule has 0 aromatic heterocycles. The van der Waals surface area contributed by atoms with Gasteiger partial charge in [-0.15, -0.1) is 0 Å². The average Bonchev–Trinajstić information content (AvgIpc) is 2.59. The van der Waals surface area contributed by atoms with Crippen LogP contribution < -0.4 is 5.32 Å². The van der Waals surface area contributed by atoms with Crippen LogP contribution in [-0.4, -0.2) is 48.7 Å². The van der Waals surface area contributed by atoms with Gasteiger partial charge in [-0.3, -0.25) is 4.79 Å². The van der Waals surface area contributed by atoms with Crippen molar-refractivity contribution in [2.45, 2.75) is 44.8 Å². The van der Waals surface area contributed by atoms with Crippen LogP contribution in [0.1, 0.15) is 33.1 Å². The molecular formula is C12H22N2O2. The number of morpholine rings is 1. The molecule has 1 amide bonds. The smallest absolute Gasteiger partial charge is 0.225 e. The summed E-state index contributed by atoms with van der Waals surface area (Å²) in [6.07, 6.45) is 2.83. The van der Waals surface area contributed by atoms with Crippen molar-refractivity contribution in [3.63, 3.8) is 0 Å². The molecule has 1 N–H and O–H groups in total. The monoisotopic (exact) mass is 226 g/mol. The average molecular weight is 226 g/mol. The van der Waals surface area contributed by atoms with E-state index < -0.39 is 0 Å². The second-order valence-corrected chi connectivity index (χ2v) is 5.36. The number of nitrogens with zero attached hydrogens (tertiary/aromatic N) is 1. The van der Waals surface area contributed by atoms with E-state index >= 15 is 0 Å². The molecule has 0 saturated carbocycles. The standard InChI is InChI=1S/C12H22N2O2/c1-12(2)4-3-6-14(12)11(15)8-10-9-13-5-7-16-10/h10,13H,3-9H2,1-2H3. The maximum atomic E-state index is 12.1. The largest absolute Gasteiger partial charge is 0.375 e. The minimum absolute atomic E-state index is 0.0409. The number of nitrogens with one attached hydrogen (secondary N) is 1. The molecule has 2 aliphatic rings. The zero-order valence-corrected chi connectivity index (χ0v) is 10.3. The van der Waals surface area contributed by atoms with Gasteiger partial charge in [0.15, 0.2) is 0 Å². The van der Waals surface area contributed by atoms with E-state index in [9.17, 15) is 4.79 Å². The number of carbonyl (C=O) groups excluding carboxylic acids is 1. The summed E-state index contributed by atoms with van der Waals surface area (Å²) < 4.78 is 5.57. The molecule has 2 aliphatic heterocycles. The third-order valence-corrected chi connectivity index (χ3v) is 3.61. The Labute approximate surface area is 97.3 Å². The lowest BCUT2D eigenvalue weighted by atomic mass is 10.0. The molecule has 1 unspecified atom stereocenters. The molecule has 92 valence electrons. The van der Waals surface area contributed by atoms with E-state index in [4.69, 9.17) is 4.74 Å². The van der Waals surface area contributed by atoms with Crippen molar-refractivity contribution in [2.75, 3.05) is 26.2 Å². The fourth-order valence-electron chi connectivity index (χ4n) is 2.63. The molecule has 2 saturated heterocycles. The van der Waals surface area contributed by atoms with Crippen LogP contribution in [0.5, 0.6) is 0 Å². The maximum Gasteiger partial charge on any atom is 0.225 e. The lowest BCUT2D eigenvalue weighted by molar-refractivity contribution is -0.137. The van der Waals surface area contributed by atoms with E-state index in [1.807, 2.05) is 4.90 Å². The fourth-order valence-corrected chi connectivity index (χ4v) is 2.63. The maximum absolute atomic E-state index is 12.1. The van der Waals surface area contributed by atoms with Crippen LogP contribution in [0.4, 0.5) is 0 Å². The van der Waals surface area contributed by atoms with Gasteiger partial charge >= 0.3 is 0 Å². The van der Waals surface area contributed by atoms with E-state index in [0.717, 1.165) is 39.1 Å². The van der Waals surface area contributed by atoms with Crippen molar-refractivity contribution in [3.05, 3.63) is 0 Å². The molecule has 0 spiro atoms. The summed E-state index contributed by atoms with van der Waals surface area (Å²) in [6.45, 7) is 7.64. The van der Waals surface area contributed by atoms with E-state index in [-0.39, 0.29) is 17.6 Å². The first kappa shape index (κ1) is 11.9. The molecule has 0 aliphatic carbocycles. The quantitative estimate of drug-likeness (QED) is 0.756. The summed E-state index contributed by atoms with van der Waals surface area (Å²) >= 11 is 0. The molecule has 4 heteroatoms. The first-order chi connectivity index (χ1) is 7.59. The van der Waals surface area contributed by atoms with Crippen molar-refractivity contribution < 1.29 is 9.53 Å². The number of rotatable bonds is 2. The number of hydrogen-bond acceptors (Lipinski definition) is 3. The Kier molecular flexibility index (Phi) is 3.50. The molecular weight excluding hydrogens is 204 g/mol. The number of amides is 1. The SMILES string of the molecule is CC1(C)CCCN1C(=O)CC1CNCCO1. The summed E-state index contributed by atoms with van der Waals surface area (Å²) in [5.74, 6) is 0.246. The number of ether oxygens (including phenoxy) is 1. The number of likely N-dealkylation sites (tertiary alicyclic amines) is 1. The zero-order valence-electron chi connectivity index (χ0n) is 10.3. The lowest BCUT2D eigenvalue weighted by Gasteiger charge is -2.33. The highest BCUT2D eigenvalue weighted by atomic mass is 16.5. The van der Waals surface area contributed by atoms with Gasteiger partial charge in [0.1, 0.15) is 0 Å². The Bertz CT molecular complexity index is 260. The van der Waals surface area contributed by atoms with Crippen LogP contribution in [0.3, 0.4) is 0 Å². The zero-order chi connectivity index (χ0) is 11.6. The number of hydrogen-bond donors (Lipinski definition) is 1. The Hall–Kier alpha value is -0.610. The highest BCUT2D eigenvalue weighted by molar-refractivity contribution is 5.77. The van der Waals surface area contributed by atoms with Gasteiger partial charge < -0.3 is 15.0 Å². The second kappa shape index (κ2) is 4.72. The van der Waals surface area contributed by atoms with Crippen LogP contribution in [0.25, 0.3) is 0 Å². The van der Waals surface area contributed by atoms with Crippen molar-refractivity contribution in [1.82, 2.24) is 10.2 Å². The predicted octanol–water partition coefficient (Wildman–Crippen LogP) is 0.766. The molecule has 16 heavy (non-hydrogen) atoms. The minimum Gasteiger partial charge on any atom is -0.375 e. The Morgan fingerprint density at radius 3 is 2.94 bits per heavy atom. The molecule has 4 nitrogen and oxygen atoms in total. The lowest BCUT2D eigenvalue weighted by Crippen LogP contribution is -2.46. The molecule has 0 aromatic carbocycles. The Balaban J connectivity index is 1.87. The van der Waals surface area contributed by atoms with E-state index in [1.165, 1.54) is 0 Å². The summed E-state index contributed by atoms with van der Waals surface area (Å²) in [6, 6.07) is 0. The van der Waals surface area contributed by atoms with Crippen molar-refractivity contribution in [1.29, 1.82) is 0 Å². The van der Waals surface area contributed by atoms with Crippen LogP contribution in [0, 0.1) is 0 Å². The normalized spacial score (nSPS) is 29.4. The van der Waals surface area contributed by atoms with E-state index in [1.54, 1.807) is 0 Å². The summed E-state index contributed by atoms with van der Waals surface area (Å²) in [7, 11) is 0. The first-order valence-electron chi connectivity index (χ1n) is 6.22. The van der Waals surface area contributed by atoms with Gasteiger partial charge in [-0.25, -0.2) is 0 Å². The third-order valence-electron chi connectivity index (χ3n) is 3.61. The highest BCUT2D eigenvalue weighted by Gasteiger charge is 2.36. The van der Waals surface area contributed by atoms with Gasteiger partial charge in [0.2, 0.25) is 5.91 Å².